The predicted molar refractivity (Wildman–Crippen MR) is 125 cm³/mol. The number of rotatable bonds is 5. The van der Waals surface area contributed by atoms with Crippen LogP contribution in [0, 0.1) is 16.4 Å². The molecule has 0 aliphatic carbocycles. The van der Waals surface area contributed by atoms with E-state index in [2.05, 4.69) is 38.4 Å². The summed E-state index contributed by atoms with van der Waals surface area (Å²) in [6.45, 7) is 1.92. The van der Waals surface area contributed by atoms with E-state index in [4.69, 9.17) is 17.0 Å². The average molecular weight is 536 g/mol. The van der Waals surface area contributed by atoms with Crippen molar-refractivity contribution in [2.24, 2.45) is 11.0 Å². The van der Waals surface area contributed by atoms with Crippen LogP contribution < -0.4 is 20.4 Å². The first kappa shape index (κ1) is 21.8. The number of ether oxygens (including phenoxy) is 1. The monoisotopic (exact) mass is 536 g/mol. The number of carbonyl (C=O) groups excluding carboxylic acids is 3. The zero-order valence-electron chi connectivity index (χ0n) is 16.0. The molecule has 0 radical (unpaired) electrons. The second-order valence-corrected chi connectivity index (χ2v) is 7.90. The molecule has 2 N–H and O–H groups in total. The lowest BCUT2D eigenvalue weighted by molar-refractivity contribution is -0.130. The van der Waals surface area contributed by atoms with Crippen LogP contribution in [0.25, 0.3) is 0 Å². The smallest absolute Gasteiger partial charge is 0.271 e. The SMILES string of the molecule is COc1cc(C(=O)N/N=C\[C@@H]2C(=O)NC(=S)N(c3ccc(C)cc3)C2=O)ccc1I. The highest BCUT2D eigenvalue weighted by atomic mass is 127. The van der Waals surface area contributed by atoms with Crippen molar-refractivity contribution in [2.75, 3.05) is 12.0 Å². The van der Waals surface area contributed by atoms with E-state index in [0.717, 1.165) is 15.3 Å². The Kier molecular flexibility index (Phi) is 6.77. The quantitative estimate of drug-likeness (QED) is 0.201. The minimum Gasteiger partial charge on any atom is -0.496 e. The summed E-state index contributed by atoms with van der Waals surface area (Å²) >= 11 is 7.24. The number of thiocarbonyl (C=S) groups is 1. The van der Waals surface area contributed by atoms with Gasteiger partial charge in [-0.25, -0.2) is 5.43 Å². The van der Waals surface area contributed by atoms with Gasteiger partial charge in [0.2, 0.25) is 5.91 Å². The number of halogens is 1. The van der Waals surface area contributed by atoms with Crippen molar-refractivity contribution >= 4 is 69.5 Å². The number of nitrogens with one attached hydrogen (secondary N) is 2. The molecule has 0 spiro atoms. The van der Waals surface area contributed by atoms with Crippen molar-refractivity contribution < 1.29 is 19.1 Å². The first-order chi connectivity index (χ1) is 14.3. The fraction of sp³-hybridized carbons (Fsp3) is 0.150. The van der Waals surface area contributed by atoms with Crippen LogP contribution >= 0.6 is 34.8 Å². The summed E-state index contributed by atoms with van der Waals surface area (Å²) in [5, 5.41) is 6.28. The van der Waals surface area contributed by atoms with E-state index in [1.54, 1.807) is 30.3 Å². The first-order valence-corrected chi connectivity index (χ1v) is 10.2. The molecule has 10 heteroatoms. The first-order valence-electron chi connectivity index (χ1n) is 8.74. The van der Waals surface area contributed by atoms with Gasteiger partial charge in [0.05, 0.1) is 16.4 Å². The maximum absolute atomic E-state index is 12.9. The summed E-state index contributed by atoms with van der Waals surface area (Å²) in [6, 6.07) is 12.1. The highest BCUT2D eigenvalue weighted by Gasteiger charge is 2.38. The second-order valence-electron chi connectivity index (χ2n) is 6.35. The Morgan fingerprint density at radius 2 is 1.97 bits per heavy atom. The Bertz CT molecular complexity index is 1060. The molecule has 1 aliphatic heterocycles. The molecule has 0 aromatic heterocycles. The molecule has 3 rings (SSSR count). The maximum atomic E-state index is 12.9. The normalized spacial score (nSPS) is 16.6. The van der Waals surface area contributed by atoms with E-state index >= 15 is 0 Å². The molecule has 8 nitrogen and oxygen atoms in total. The number of benzene rings is 2. The van der Waals surface area contributed by atoms with Gasteiger partial charge in [-0.1, -0.05) is 17.7 Å². The molecule has 1 atom stereocenters. The van der Waals surface area contributed by atoms with Crippen LogP contribution in [0.4, 0.5) is 5.69 Å². The van der Waals surface area contributed by atoms with E-state index in [1.807, 2.05) is 19.1 Å². The summed E-state index contributed by atoms with van der Waals surface area (Å²) in [7, 11) is 1.51. The molecular weight excluding hydrogens is 519 g/mol. The summed E-state index contributed by atoms with van der Waals surface area (Å²) in [4.78, 5) is 38.6. The van der Waals surface area contributed by atoms with Crippen LogP contribution in [-0.2, 0) is 9.59 Å². The van der Waals surface area contributed by atoms with Gasteiger partial charge >= 0.3 is 0 Å². The maximum Gasteiger partial charge on any atom is 0.271 e. The van der Waals surface area contributed by atoms with Crippen LogP contribution in [0.15, 0.2) is 47.6 Å². The Morgan fingerprint density at radius 1 is 1.27 bits per heavy atom. The number of aryl methyl sites for hydroxylation is 1. The lowest BCUT2D eigenvalue weighted by Gasteiger charge is -2.30. The molecular formula is C20H17IN4O4S. The van der Waals surface area contributed by atoms with Gasteiger partial charge in [-0.3, -0.25) is 19.3 Å². The largest absolute Gasteiger partial charge is 0.496 e. The summed E-state index contributed by atoms with van der Waals surface area (Å²) < 4.78 is 6.05. The zero-order chi connectivity index (χ0) is 21.8. The molecule has 1 saturated heterocycles. The standard InChI is InChI=1S/C20H17IN4O4S/c1-11-3-6-13(7-4-11)25-19(28)14(18(27)23-20(25)30)10-22-24-17(26)12-5-8-15(21)16(9-12)29-2/h3-10,14H,1-2H3,(H,24,26)(H,23,27,30)/b22-10-/t14-/m1/s1. The number of anilines is 1. The molecule has 0 bridgehead atoms. The van der Waals surface area contributed by atoms with E-state index in [0.29, 0.717) is 17.0 Å². The molecule has 0 unspecified atom stereocenters. The van der Waals surface area contributed by atoms with Crippen molar-refractivity contribution in [3.05, 3.63) is 57.2 Å². The number of hydrogen-bond acceptors (Lipinski definition) is 6. The van der Waals surface area contributed by atoms with Gasteiger partial charge in [0.15, 0.2) is 11.0 Å². The van der Waals surface area contributed by atoms with E-state index < -0.39 is 23.6 Å². The molecule has 2 aromatic rings. The van der Waals surface area contributed by atoms with Gasteiger partial charge in [0.1, 0.15) is 5.75 Å². The van der Waals surface area contributed by atoms with Crippen molar-refractivity contribution in [2.45, 2.75) is 6.92 Å². The van der Waals surface area contributed by atoms with Crippen LogP contribution in [0.2, 0.25) is 0 Å². The molecule has 154 valence electrons. The molecule has 1 aliphatic rings. The number of methoxy groups -OCH3 is 1. The highest BCUT2D eigenvalue weighted by molar-refractivity contribution is 14.1. The zero-order valence-corrected chi connectivity index (χ0v) is 19.0. The van der Waals surface area contributed by atoms with E-state index in [1.165, 1.54) is 12.0 Å². The molecule has 30 heavy (non-hydrogen) atoms. The van der Waals surface area contributed by atoms with Crippen LogP contribution in [-0.4, -0.2) is 36.2 Å². The van der Waals surface area contributed by atoms with Crippen molar-refractivity contribution in [1.82, 2.24) is 10.7 Å². The Balaban J connectivity index is 1.74. The van der Waals surface area contributed by atoms with Gasteiger partial charge in [-0.2, -0.15) is 5.10 Å². The molecule has 0 saturated carbocycles. The fourth-order valence-electron chi connectivity index (χ4n) is 2.70. The Hall–Kier alpha value is -2.86. The van der Waals surface area contributed by atoms with Gasteiger partial charge < -0.3 is 10.1 Å². The van der Waals surface area contributed by atoms with Crippen LogP contribution in [0.3, 0.4) is 0 Å². The lowest BCUT2D eigenvalue weighted by Crippen LogP contribution is -2.58. The van der Waals surface area contributed by atoms with E-state index in [-0.39, 0.29) is 5.11 Å². The summed E-state index contributed by atoms with van der Waals surface area (Å²) in [6.07, 6.45) is 1.09. The van der Waals surface area contributed by atoms with Crippen molar-refractivity contribution in [1.29, 1.82) is 0 Å². The molecule has 1 heterocycles. The predicted octanol–water partition coefficient (Wildman–Crippen LogP) is 2.39. The topological polar surface area (TPSA) is 100 Å². The lowest BCUT2D eigenvalue weighted by atomic mass is 10.1. The molecule has 3 amide bonds. The van der Waals surface area contributed by atoms with Crippen LogP contribution in [0.1, 0.15) is 15.9 Å². The number of amides is 3. The third-order valence-corrected chi connectivity index (χ3v) is 5.47. The number of hydrogen-bond donors (Lipinski definition) is 2. The third kappa shape index (κ3) is 4.65. The van der Waals surface area contributed by atoms with Crippen molar-refractivity contribution in [3.8, 4) is 5.75 Å². The average Bonchev–Trinajstić information content (AvgIpc) is 2.71. The minimum absolute atomic E-state index is 0.00600. The fourth-order valence-corrected chi connectivity index (χ4v) is 3.55. The van der Waals surface area contributed by atoms with Gasteiger partial charge in [-0.15, -0.1) is 0 Å². The number of hydrazone groups is 1. The molecule has 2 aromatic carbocycles. The summed E-state index contributed by atoms with van der Waals surface area (Å²) in [5.74, 6) is -2.35. The number of nitrogens with zero attached hydrogens (tertiary/aromatic N) is 2. The Labute approximate surface area is 191 Å². The Morgan fingerprint density at radius 3 is 2.63 bits per heavy atom. The molecule has 1 fully saturated rings. The van der Waals surface area contributed by atoms with Gasteiger partial charge in [-0.05, 0) is 72.1 Å². The summed E-state index contributed by atoms with van der Waals surface area (Å²) in [5.41, 5.74) is 4.20. The second kappa shape index (κ2) is 9.30. The van der Waals surface area contributed by atoms with Gasteiger partial charge in [0.25, 0.3) is 11.8 Å². The number of carbonyl (C=O) groups is 3. The van der Waals surface area contributed by atoms with Gasteiger partial charge in [0, 0.05) is 11.8 Å². The highest BCUT2D eigenvalue weighted by Crippen LogP contribution is 2.22. The third-order valence-electron chi connectivity index (χ3n) is 4.30. The van der Waals surface area contributed by atoms with Crippen LogP contribution in [0.5, 0.6) is 5.75 Å². The van der Waals surface area contributed by atoms with E-state index in [9.17, 15) is 14.4 Å². The minimum atomic E-state index is -1.23. The van der Waals surface area contributed by atoms with Crippen molar-refractivity contribution in [3.63, 3.8) is 0 Å².